The Labute approximate surface area is 102 Å². The topological polar surface area (TPSA) is 80.9 Å². The van der Waals surface area contributed by atoms with Crippen LogP contribution in [0.25, 0.3) is 11.4 Å². The maximum atomic E-state index is 10.8. The van der Waals surface area contributed by atoms with Gasteiger partial charge in [0.05, 0.1) is 12.5 Å². The molecule has 0 aromatic carbocycles. The first-order valence-corrected chi connectivity index (χ1v) is 6.06. The van der Waals surface area contributed by atoms with Gasteiger partial charge in [-0.05, 0) is 28.3 Å². The molecule has 6 nitrogen and oxygen atoms in total. The van der Waals surface area contributed by atoms with Crippen molar-refractivity contribution in [3.8, 4) is 11.4 Å². The molecule has 1 atom stereocenters. The molecule has 0 amide bonds. The maximum Gasteiger partial charge on any atom is 0.308 e. The van der Waals surface area contributed by atoms with Crippen molar-refractivity contribution in [2.45, 2.75) is 20.4 Å². The van der Waals surface area contributed by atoms with Gasteiger partial charge in [-0.15, -0.1) is 5.10 Å². The van der Waals surface area contributed by atoms with Crippen molar-refractivity contribution in [1.82, 2.24) is 20.2 Å². The number of hydrogen-bond donors (Lipinski definition) is 1. The van der Waals surface area contributed by atoms with Crippen molar-refractivity contribution >= 4 is 17.3 Å². The van der Waals surface area contributed by atoms with Crippen LogP contribution in [-0.2, 0) is 11.3 Å². The zero-order valence-electron chi connectivity index (χ0n) is 9.49. The molecule has 90 valence electrons. The van der Waals surface area contributed by atoms with Gasteiger partial charge in [0.2, 0.25) is 0 Å². The van der Waals surface area contributed by atoms with Crippen LogP contribution in [0.4, 0.5) is 0 Å². The van der Waals surface area contributed by atoms with Crippen molar-refractivity contribution in [2.75, 3.05) is 0 Å². The van der Waals surface area contributed by atoms with Crippen LogP contribution in [0.3, 0.4) is 0 Å². The van der Waals surface area contributed by atoms with Gasteiger partial charge in [-0.1, -0.05) is 6.92 Å². The first-order valence-electron chi connectivity index (χ1n) is 5.11. The molecule has 0 bridgehead atoms. The first kappa shape index (κ1) is 11.7. The summed E-state index contributed by atoms with van der Waals surface area (Å²) in [6, 6.07) is 0. The molecule has 17 heavy (non-hydrogen) atoms. The van der Waals surface area contributed by atoms with Crippen LogP contribution in [0.15, 0.2) is 10.8 Å². The number of carbonyl (C=O) groups is 1. The Morgan fingerprint density at radius 1 is 1.59 bits per heavy atom. The van der Waals surface area contributed by atoms with Gasteiger partial charge in [0.1, 0.15) is 0 Å². The summed E-state index contributed by atoms with van der Waals surface area (Å²) in [7, 11) is 0. The molecule has 0 saturated carbocycles. The lowest BCUT2D eigenvalue weighted by atomic mass is 10.1. The number of aromatic nitrogens is 4. The van der Waals surface area contributed by atoms with Gasteiger partial charge in [0, 0.05) is 10.9 Å². The lowest BCUT2D eigenvalue weighted by molar-refractivity contribution is -0.141. The first-order chi connectivity index (χ1) is 8.09. The number of nitrogens with zero attached hydrogens (tertiary/aromatic N) is 4. The molecule has 7 heteroatoms. The highest BCUT2D eigenvalue weighted by Gasteiger charge is 2.17. The zero-order valence-corrected chi connectivity index (χ0v) is 10.3. The van der Waals surface area contributed by atoms with E-state index >= 15 is 0 Å². The van der Waals surface area contributed by atoms with E-state index in [1.165, 1.54) is 4.68 Å². The van der Waals surface area contributed by atoms with Gasteiger partial charge < -0.3 is 5.11 Å². The molecular formula is C10H12N4O2S. The second-order valence-corrected chi connectivity index (χ2v) is 4.64. The Hall–Kier alpha value is -1.76. The molecule has 0 aliphatic heterocycles. The minimum Gasteiger partial charge on any atom is -0.481 e. The lowest BCUT2D eigenvalue weighted by Crippen LogP contribution is -2.18. The van der Waals surface area contributed by atoms with E-state index in [0.29, 0.717) is 5.82 Å². The van der Waals surface area contributed by atoms with Crippen LogP contribution in [0.5, 0.6) is 0 Å². The Morgan fingerprint density at radius 2 is 2.35 bits per heavy atom. The van der Waals surface area contributed by atoms with Crippen molar-refractivity contribution < 1.29 is 9.90 Å². The molecule has 2 aromatic rings. The summed E-state index contributed by atoms with van der Waals surface area (Å²) in [4.78, 5) is 10.8. The summed E-state index contributed by atoms with van der Waals surface area (Å²) in [5.41, 5.74) is 2.05. The molecule has 1 unspecified atom stereocenters. The molecule has 0 aliphatic rings. The fourth-order valence-electron chi connectivity index (χ4n) is 1.45. The molecule has 0 spiro atoms. The Morgan fingerprint density at radius 3 is 2.94 bits per heavy atom. The van der Waals surface area contributed by atoms with Crippen LogP contribution in [0.1, 0.15) is 12.5 Å². The number of tetrazole rings is 1. The average molecular weight is 252 g/mol. The molecule has 0 fully saturated rings. The van der Waals surface area contributed by atoms with Crippen LogP contribution < -0.4 is 0 Å². The molecule has 2 heterocycles. The second kappa shape index (κ2) is 4.62. The highest BCUT2D eigenvalue weighted by Crippen LogP contribution is 2.24. The molecule has 0 radical (unpaired) electrons. The largest absolute Gasteiger partial charge is 0.481 e. The smallest absolute Gasteiger partial charge is 0.308 e. The van der Waals surface area contributed by atoms with Crippen LogP contribution >= 0.6 is 11.3 Å². The lowest BCUT2D eigenvalue weighted by Gasteiger charge is -2.07. The van der Waals surface area contributed by atoms with E-state index in [9.17, 15) is 4.79 Å². The van der Waals surface area contributed by atoms with Crippen LogP contribution in [0.2, 0.25) is 0 Å². The van der Waals surface area contributed by atoms with Crippen molar-refractivity contribution in [1.29, 1.82) is 0 Å². The minimum absolute atomic E-state index is 0.271. The predicted octanol–water partition coefficient (Wildman–Crippen LogP) is 1.43. The summed E-state index contributed by atoms with van der Waals surface area (Å²) < 4.78 is 1.54. The number of aliphatic carboxylic acids is 1. The molecule has 0 saturated heterocycles. The average Bonchev–Trinajstić information content (AvgIpc) is 2.86. The van der Waals surface area contributed by atoms with E-state index in [0.717, 1.165) is 11.1 Å². The number of hydrogen-bond acceptors (Lipinski definition) is 5. The van der Waals surface area contributed by atoms with Crippen molar-refractivity contribution in [2.24, 2.45) is 5.92 Å². The van der Waals surface area contributed by atoms with Gasteiger partial charge in [-0.3, -0.25) is 4.79 Å². The van der Waals surface area contributed by atoms with Crippen molar-refractivity contribution in [3.63, 3.8) is 0 Å². The third-order valence-electron chi connectivity index (χ3n) is 2.50. The molecule has 2 rings (SSSR count). The second-order valence-electron chi connectivity index (χ2n) is 3.89. The van der Waals surface area contributed by atoms with E-state index in [-0.39, 0.29) is 6.54 Å². The Kier molecular flexibility index (Phi) is 3.19. The Bertz CT molecular complexity index is 534. The summed E-state index contributed by atoms with van der Waals surface area (Å²) in [6.07, 6.45) is 0. The standard InChI is InChI=1S/C10H12N4O2S/c1-6(10(15)16)3-14-9(11-12-13-14)8-5-17-4-7(8)2/h4-6H,3H2,1-2H3,(H,15,16). The molecule has 1 N–H and O–H groups in total. The Balaban J connectivity index is 2.29. The number of carboxylic acid groups (broad SMARTS) is 1. The SMILES string of the molecule is Cc1cscc1-c1nnnn1CC(C)C(=O)O. The van der Waals surface area contributed by atoms with E-state index in [4.69, 9.17) is 5.11 Å². The fourth-order valence-corrected chi connectivity index (χ4v) is 2.27. The highest BCUT2D eigenvalue weighted by molar-refractivity contribution is 7.08. The van der Waals surface area contributed by atoms with E-state index in [1.54, 1.807) is 18.3 Å². The highest BCUT2D eigenvalue weighted by atomic mass is 32.1. The predicted molar refractivity (Wildman–Crippen MR) is 62.7 cm³/mol. The number of thiophene rings is 1. The van der Waals surface area contributed by atoms with Gasteiger partial charge in [-0.25, -0.2) is 4.68 Å². The third-order valence-corrected chi connectivity index (χ3v) is 3.36. The minimum atomic E-state index is -0.853. The van der Waals surface area contributed by atoms with E-state index < -0.39 is 11.9 Å². The quantitative estimate of drug-likeness (QED) is 0.890. The normalized spacial score (nSPS) is 12.6. The van der Waals surface area contributed by atoms with E-state index in [2.05, 4.69) is 15.5 Å². The van der Waals surface area contributed by atoms with E-state index in [1.807, 2.05) is 17.7 Å². The van der Waals surface area contributed by atoms with Crippen LogP contribution in [-0.4, -0.2) is 31.3 Å². The number of carboxylic acids is 1. The van der Waals surface area contributed by atoms with Gasteiger partial charge in [-0.2, -0.15) is 11.3 Å². The summed E-state index contributed by atoms with van der Waals surface area (Å²) in [6.45, 7) is 3.88. The number of aryl methyl sites for hydroxylation is 1. The van der Waals surface area contributed by atoms with Gasteiger partial charge in [0.15, 0.2) is 5.82 Å². The fraction of sp³-hybridized carbons (Fsp3) is 0.400. The maximum absolute atomic E-state index is 10.8. The zero-order chi connectivity index (χ0) is 12.4. The summed E-state index contributed by atoms with van der Waals surface area (Å²) in [5, 5.41) is 24.2. The summed E-state index contributed by atoms with van der Waals surface area (Å²) in [5.74, 6) is -0.749. The monoisotopic (exact) mass is 252 g/mol. The molecular weight excluding hydrogens is 240 g/mol. The number of rotatable bonds is 4. The van der Waals surface area contributed by atoms with Crippen molar-refractivity contribution in [3.05, 3.63) is 16.3 Å². The summed E-state index contributed by atoms with van der Waals surface area (Å²) >= 11 is 1.57. The third kappa shape index (κ3) is 2.33. The van der Waals surface area contributed by atoms with Gasteiger partial charge in [0.25, 0.3) is 0 Å². The molecule has 2 aromatic heterocycles. The molecule has 0 aliphatic carbocycles. The van der Waals surface area contributed by atoms with Crippen LogP contribution in [0, 0.1) is 12.8 Å². The van der Waals surface area contributed by atoms with Gasteiger partial charge >= 0.3 is 5.97 Å².